The van der Waals surface area contributed by atoms with Crippen LogP contribution in [-0.2, 0) is 0 Å². The van der Waals surface area contributed by atoms with Gasteiger partial charge in [0.15, 0.2) is 5.96 Å². The van der Waals surface area contributed by atoms with Crippen molar-refractivity contribution in [1.29, 1.82) is 5.41 Å². The highest BCUT2D eigenvalue weighted by Gasteiger charge is 1.87. The Bertz CT molecular complexity index is 154. The molecule has 62 valence electrons. The van der Waals surface area contributed by atoms with E-state index in [1.165, 1.54) is 0 Å². The molecule has 0 bridgehead atoms. The maximum atomic E-state index is 7.90. The molecule has 0 spiro atoms. The molecule has 0 saturated heterocycles. The van der Waals surface area contributed by atoms with Gasteiger partial charge in [0.1, 0.15) is 0 Å². The molecule has 4 N–H and O–H groups in total. The number of azide groups is 1. The molecule has 0 aliphatic carbocycles. The Balaban J connectivity index is 3.02. The summed E-state index contributed by atoms with van der Waals surface area (Å²) in [6.07, 6.45) is 1.68. The summed E-state index contributed by atoms with van der Waals surface area (Å²) in [5.41, 5.74) is 12.9. The summed E-state index contributed by atoms with van der Waals surface area (Å²) in [5.74, 6) is -0.0196. The highest BCUT2D eigenvalue weighted by molar-refractivity contribution is 5.74. The second-order valence-corrected chi connectivity index (χ2v) is 2.00. The number of guanidine groups is 1. The third kappa shape index (κ3) is 8.58. The Morgan fingerprint density at radius 3 is 2.91 bits per heavy atom. The molecular formula is C5H12N6. The van der Waals surface area contributed by atoms with Crippen LogP contribution in [0.2, 0.25) is 0 Å². The molecule has 0 radical (unpaired) electrons. The Hall–Kier alpha value is -1.42. The second kappa shape index (κ2) is 6.70. The smallest absolute Gasteiger partial charge is 0.185 e. The first-order chi connectivity index (χ1) is 5.27. The van der Waals surface area contributed by atoms with E-state index in [-0.39, 0.29) is 5.96 Å². The third-order valence-corrected chi connectivity index (χ3v) is 1.06. The van der Waals surface area contributed by atoms with Crippen molar-refractivity contribution in [2.24, 2.45) is 10.8 Å². The zero-order valence-corrected chi connectivity index (χ0v) is 6.25. The molecule has 0 heterocycles. The first kappa shape index (κ1) is 9.58. The third-order valence-electron chi connectivity index (χ3n) is 1.06. The number of hydrogen-bond acceptors (Lipinski definition) is 2. The molecule has 0 aliphatic heterocycles. The largest absolute Gasteiger partial charge is 0.370 e. The van der Waals surface area contributed by atoms with Gasteiger partial charge >= 0.3 is 0 Å². The summed E-state index contributed by atoms with van der Waals surface area (Å²) < 4.78 is 0. The lowest BCUT2D eigenvalue weighted by Crippen LogP contribution is -2.30. The van der Waals surface area contributed by atoms with Gasteiger partial charge in [-0.05, 0) is 18.4 Å². The van der Waals surface area contributed by atoms with Gasteiger partial charge in [0.05, 0.1) is 0 Å². The Labute approximate surface area is 64.9 Å². The van der Waals surface area contributed by atoms with Gasteiger partial charge in [-0.25, -0.2) is 0 Å². The average molecular weight is 156 g/mol. The predicted molar refractivity (Wildman–Crippen MR) is 43.2 cm³/mol. The van der Waals surface area contributed by atoms with Crippen molar-refractivity contribution in [3.63, 3.8) is 0 Å². The number of hydrogen-bond donors (Lipinski definition) is 3. The first-order valence-corrected chi connectivity index (χ1v) is 3.36. The van der Waals surface area contributed by atoms with E-state index in [9.17, 15) is 0 Å². The van der Waals surface area contributed by atoms with Crippen molar-refractivity contribution < 1.29 is 0 Å². The molecule has 11 heavy (non-hydrogen) atoms. The van der Waals surface area contributed by atoms with Crippen molar-refractivity contribution in [2.45, 2.75) is 12.8 Å². The van der Waals surface area contributed by atoms with E-state index in [1.54, 1.807) is 0 Å². The van der Waals surface area contributed by atoms with Gasteiger partial charge in [-0.2, -0.15) is 0 Å². The topological polar surface area (TPSA) is 111 Å². The van der Waals surface area contributed by atoms with E-state index < -0.39 is 0 Å². The van der Waals surface area contributed by atoms with Crippen LogP contribution in [-0.4, -0.2) is 19.0 Å². The van der Waals surface area contributed by atoms with Crippen LogP contribution in [0.3, 0.4) is 0 Å². The molecule has 0 fully saturated rings. The lowest BCUT2D eigenvalue weighted by Gasteiger charge is -2.00. The summed E-state index contributed by atoms with van der Waals surface area (Å²) in [7, 11) is 0. The molecule has 0 rings (SSSR count). The highest BCUT2D eigenvalue weighted by atomic mass is 15.1. The van der Waals surface area contributed by atoms with Gasteiger partial charge in [0.2, 0.25) is 0 Å². The number of nitrogens with one attached hydrogen (secondary N) is 2. The van der Waals surface area contributed by atoms with E-state index in [0.717, 1.165) is 12.8 Å². The molecule has 0 aliphatic rings. The van der Waals surface area contributed by atoms with Crippen molar-refractivity contribution in [3.05, 3.63) is 10.4 Å². The molecule has 0 amide bonds. The van der Waals surface area contributed by atoms with E-state index in [4.69, 9.17) is 16.7 Å². The number of rotatable bonds is 5. The Morgan fingerprint density at radius 1 is 1.64 bits per heavy atom. The van der Waals surface area contributed by atoms with E-state index >= 15 is 0 Å². The van der Waals surface area contributed by atoms with Gasteiger partial charge in [-0.15, -0.1) is 0 Å². The summed E-state index contributed by atoms with van der Waals surface area (Å²) in [4.78, 5) is 2.61. The molecule has 0 unspecified atom stereocenters. The van der Waals surface area contributed by atoms with Gasteiger partial charge in [-0.3, -0.25) is 5.41 Å². The van der Waals surface area contributed by atoms with Crippen LogP contribution in [0, 0.1) is 5.41 Å². The molecule has 6 heteroatoms. The van der Waals surface area contributed by atoms with Crippen molar-refractivity contribution in [3.8, 4) is 0 Å². The van der Waals surface area contributed by atoms with Crippen molar-refractivity contribution >= 4 is 5.96 Å². The molecule has 0 aromatic carbocycles. The minimum atomic E-state index is -0.0196. The van der Waals surface area contributed by atoms with Gasteiger partial charge in [-0.1, -0.05) is 5.11 Å². The van der Waals surface area contributed by atoms with Crippen LogP contribution in [0.4, 0.5) is 0 Å². The van der Waals surface area contributed by atoms with Crippen LogP contribution < -0.4 is 11.1 Å². The van der Waals surface area contributed by atoms with Crippen LogP contribution in [0.25, 0.3) is 10.4 Å². The average Bonchev–Trinajstić information content (AvgIpc) is 1.96. The van der Waals surface area contributed by atoms with Gasteiger partial charge < -0.3 is 11.1 Å². The maximum absolute atomic E-state index is 7.90. The summed E-state index contributed by atoms with van der Waals surface area (Å²) >= 11 is 0. The van der Waals surface area contributed by atoms with E-state index in [1.807, 2.05) is 0 Å². The fraction of sp³-hybridized carbons (Fsp3) is 0.800. The highest BCUT2D eigenvalue weighted by Crippen LogP contribution is 1.87. The minimum absolute atomic E-state index is 0.0196. The standard InChI is InChI=1S/C5H12N6/c6-5(7)9-3-1-2-4-10-11-8/h1-4H2,(H4,6,7,9). The Morgan fingerprint density at radius 2 is 2.36 bits per heavy atom. The number of nitrogens with zero attached hydrogens (tertiary/aromatic N) is 3. The zero-order valence-electron chi connectivity index (χ0n) is 6.25. The molecule has 0 atom stereocenters. The number of nitrogens with two attached hydrogens (primary N) is 1. The summed E-state index contributed by atoms with van der Waals surface area (Å²) in [6, 6.07) is 0. The molecule has 0 aromatic rings. The quantitative estimate of drug-likeness (QED) is 0.135. The fourth-order valence-corrected chi connectivity index (χ4v) is 0.575. The van der Waals surface area contributed by atoms with Crippen molar-refractivity contribution in [2.75, 3.05) is 13.1 Å². The molecule has 6 nitrogen and oxygen atoms in total. The van der Waals surface area contributed by atoms with Crippen LogP contribution in [0.15, 0.2) is 5.11 Å². The molecule has 0 aromatic heterocycles. The SMILES string of the molecule is [N-]=[N+]=NCCCCNC(=N)N. The monoisotopic (exact) mass is 156 g/mol. The van der Waals surface area contributed by atoms with Crippen molar-refractivity contribution in [1.82, 2.24) is 5.32 Å². The van der Waals surface area contributed by atoms with Gasteiger partial charge in [0.25, 0.3) is 0 Å². The number of unbranched alkanes of at least 4 members (excludes halogenated alkanes) is 1. The molecular weight excluding hydrogens is 144 g/mol. The maximum Gasteiger partial charge on any atom is 0.185 e. The zero-order chi connectivity index (χ0) is 8.53. The first-order valence-electron chi connectivity index (χ1n) is 3.36. The second-order valence-electron chi connectivity index (χ2n) is 2.00. The summed E-state index contributed by atoms with van der Waals surface area (Å²) in [5, 5.41) is 12.8. The summed E-state index contributed by atoms with van der Waals surface area (Å²) in [6.45, 7) is 1.17. The van der Waals surface area contributed by atoms with Crippen LogP contribution in [0.1, 0.15) is 12.8 Å². The molecule has 0 saturated carbocycles. The normalized spacial score (nSPS) is 8.36. The minimum Gasteiger partial charge on any atom is -0.370 e. The van der Waals surface area contributed by atoms with E-state index in [2.05, 4.69) is 15.3 Å². The lowest BCUT2D eigenvalue weighted by atomic mass is 10.3. The van der Waals surface area contributed by atoms with Gasteiger partial charge in [0, 0.05) is 18.0 Å². The van der Waals surface area contributed by atoms with E-state index in [0.29, 0.717) is 13.1 Å². The Kier molecular flexibility index (Phi) is 5.83. The van der Waals surface area contributed by atoms with Crippen LogP contribution in [0.5, 0.6) is 0 Å². The predicted octanol–water partition coefficient (Wildman–Crippen LogP) is 0.560. The lowest BCUT2D eigenvalue weighted by molar-refractivity contribution is 0.712. The fourth-order valence-electron chi connectivity index (χ4n) is 0.575. The van der Waals surface area contributed by atoms with Crippen LogP contribution >= 0.6 is 0 Å².